The molecule has 0 amide bonds. The maximum absolute atomic E-state index is 8.97. The number of aliphatic hydroxyl groups excluding tert-OH is 1. The highest BCUT2D eigenvalue weighted by molar-refractivity contribution is 4.95. The van der Waals surface area contributed by atoms with E-state index >= 15 is 0 Å². The summed E-state index contributed by atoms with van der Waals surface area (Å²) in [5, 5.41) is 12.4. The molecule has 1 unspecified atom stereocenters. The second-order valence-corrected chi connectivity index (χ2v) is 3.99. The Bertz CT molecular complexity index is 213. The highest BCUT2D eigenvalue weighted by Crippen LogP contribution is 2.06. The molecule has 0 spiro atoms. The Morgan fingerprint density at radius 2 is 2.33 bits per heavy atom. The van der Waals surface area contributed by atoms with Crippen LogP contribution in [0.15, 0.2) is 0 Å². The normalized spacial score (nSPS) is 20.3. The molecule has 0 aromatic rings. The van der Waals surface area contributed by atoms with E-state index in [4.69, 9.17) is 5.11 Å². The number of hydrogen-bond acceptors (Lipinski definition) is 3. The van der Waals surface area contributed by atoms with Crippen LogP contribution in [0, 0.1) is 11.8 Å². The topological polar surface area (TPSA) is 35.5 Å². The zero-order valence-corrected chi connectivity index (χ0v) is 9.63. The summed E-state index contributed by atoms with van der Waals surface area (Å²) in [5.41, 5.74) is 0. The summed E-state index contributed by atoms with van der Waals surface area (Å²) in [6.07, 6.45) is 3.46. The molecule has 1 fully saturated rings. The molecule has 1 aliphatic rings. The smallest absolute Gasteiger partial charge is 0.0558 e. The third-order valence-corrected chi connectivity index (χ3v) is 2.79. The van der Waals surface area contributed by atoms with Gasteiger partial charge in [0.25, 0.3) is 0 Å². The molecule has 0 radical (unpaired) electrons. The molecule has 0 bridgehead atoms. The third-order valence-electron chi connectivity index (χ3n) is 2.79. The maximum Gasteiger partial charge on any atom is 0.0558 e. The van der Waals surface area contributed by atoms with Crippen molar-refractivity contribution < 1.29 is 5.11 Å². The van der Waals surface area contributed by atoms with Crippen LogP contribution in [-0.4, -0.2) is 48.8 Å². The monoisotopic (exact) mass is 210 g/mol. The van der Waals surface area contributed by atoms with Gasteiger partial charge in [0.1, 0.15) is 0 Å². The fourth-order valence-electron chi connectivity index (χ4n) is 2.00. The van der Waals surface area contributed by atoms with Gasteiger partial charge in [0.05, 0.1) is 6.61 Å². The van der Waals surface area contributed by atoms with Crippen molar-refractivity contribution in [3.8, 4) is 11.8 Å². The first-order valence-corrected chi connectivity index (χ1v) is 5.83. The minimum Gasteiger partial charge on any atom is -0.395 e. The molecule has 15 heavy (non-hydrogen) atoms. The van der Waals surface area contributed by atoms with E-state index in [2.05, 4.69) is 22.1 Å². The minimum absolute atomic E-state index is 0.242. The molecule has 1 heterocycles. The average Bonchev–Trinajstić information content (AvgIpc) is 2.71. The van der Waals surface area contributed by atoms with Crippen molar-refractivity contribution in [2.24, 2.45) is 0 Å². The summed E-state index contributed by atoms with van der Waals surface area (Å²) in [7, 11) is 0. The lowest BCUT2D eigenvalue weighted by Gasteiger charge is -2.23. The van der Waals surface area contributed by atoms with E-state index in [0.29, 0.717) is 6.04 Å². The van der Waals surface area contributed by atoms with E-state index in [1.165, 1.54) is 12.8 Å². The first-order valence-electron chi connectivity index (χ1n) is 5.83. The molecule has 1 rings (SSSR count). The molecule has 3 nitrogen and oxygen atoms in total. The molecule has 0 aromatic carbocycles. The second kappa shape index (κ2) is 7.70. The van der Waals surface area contributed by atoms with Crippen LogP contribution in [-0.2, 0) is 0 Å². The van der Waals surface area contributed by atoms with Gasteiger partial charge >= 0.3 is 0 Å². The van der Waals surface area contributed by atoms with Crippen molar-refractivity contribution in [3.05, 3.63) is 0 Å². The lowest BCUT2D eigenvalue weighted by molar-refractivity contribution is 0.187. The first kappa shape index (κ1) is 12.5. The van der Waals surface area contributed by atoms with Crippen LogP contribution in [0.5, 0.6) is 0 Å². The van der Waals surface area contributed by atoms with Crippen LogP contribution in [0.1, 0.15) is 26.2 Å². The van der Waals surface area contributed by atoms with Crippen molar-refractivity contribution in [1.82, 2.24) is 10.2 Å². The summed E-state index contributed by atoms with van der Waals surface area (Å²) in [5.74, 6) is 5.97. The number of aliphatic hydroxyl groups is 1. The van der Waals surface area contributed by atoms with Gasteiger partial charge in [0.15, 0.2) is 0 Å². The number of rotatable bonds is 6. The number of nitrogens with zero attached hydrogens (tertiary/aromatic N) is 1. The largest absolute Gasteiger partial charge is 0.395 e. The predicted octanol–water partition coefficient (Wildman–Crippen LogP) is 0.446. The quantitative estimate of drug-likeness (QED) is 0.625. The average molecular weight is 210 g/mol. The molecule has 1 aliphatic heterocycles. The Morgan fingerprint density at radius 1 is 1.47 bits per heavy atom. The fraction of sp³-hybridized carbons (Fsp3) is 0.833. The molecule has 2 N–H and O–H groups in total. The minimum atomic E-state index is 0.242. The summed E-state index contributed by atoms with van der Waals surface area (Å²) in [6, 6.07) is 0.617. The number of nitrogens with one attached hydrogen (secondary N) is 1. The molecular formula is C12H22N2O. The van der Waals surface area contributed by atoms with Crippen molar-refractivity contribution >= 4 is 0 Å². The number of hydrogen-bond donors (Lipinski definition) is 2. The van der Waals surface area contributed by atoms with Crippen LogP contribution in [0.25, 0.3) is 0 Å². The Kier molecular flexibility index (Phi) is 6.42. The van der Waals surface area contributed by atoms with Crippen LogP contribution < -0.4 is 5.32 Å². The Morgan fingerprint density at radius 3 is 2.93 bits per heavy atom. The van der Waals surface area contributed by atoms with Gasteiger partial charge in [-0.3, -0.25) is 4.90 Å². The maximum atomic E-state index is 8.97. The molecule has 0 saturated carbocycles. The molecule has 0 aromatic heterocycles. The van der Waals surface area contributed by atoms with E-state index in [9.17, 15) is 0 Å². The Labute approximate surface area is 92.9 Å². The van der Waals surface area contributed by atoms with Gasteiger partial charge in [0, 0.05) is 32.1 Å². The SMILES string of the molecule is CC#CCCN(CCO)CC1CCCN1. The second-order valence-electron chi connectivity index (χ2n) is 3.99. The van der Waals surface area contributed by atoms with Gasteiger partial charge < -0.3 is 10.4 Å². The highest BCUT2D eigenvalue weighted by Gasteiger charge is 2.16. The van der Waals surface area contributed by atoms with Crippen LogP contribution in [0.3, 0.4) is 0 Å². The van der Waals surface area contributed by atoms with E-state index in [0.717, 1.165) is 32.6 Å². The lowest BCUT2D eigenvalue weighted by atomic mass is 10.2. The fourth-order valence-corrected chi connectivity index (χ4v) is 2.00. The Balaban J connectivity index is 2.23. The first-order chi connectivity index (χ1) is 7.36. The van der Waals surface area contributed by atoms with E-state index in [1.54, 1.807) is 0 Å². The zero-order valence-electron chi connectivity index (χ0n) is 9.63. The van der Waals surface area contributed by atoms with Crippen molar-refractivity contribution in [3.63, 3.8) is 0 Å². The predicted molar refractivity (Wildman–Crippen MR) is 62.6 cm³/mol. The van der Waals surface area contributed by atoms with Crippen molar-refractivity contribution in [2.45, 2.75) is 32.2 Å². The molecule has 1 atom stereocenters. The molecule has 86 valence electrons. The Hall–Kier alpha value is -0.560. The zero-order chi connectivity index (χ0) is 10.9. The summed E-state index contributed by atoms with van der Waals surface area (Å²) < 4.78 is 0. The molecule has 3 heteroatoms. The van der Waals surface area contributed by atoms with E-state index in [-0.39, 0.29) is 6.61 Å². The van der Waals surface area contributed by atoms with Gasteiger partial charge in [-0.15, -0.1) is 11.8 Å². The van der Waals surface area contributed by atoms with Crippen molar-refractivity contribution in [2.75, 3.05) is 32.8 Å². The summed E-state index contributed by atoms with van der Waals surface area (Å²) in [4.78, 5) is 2.30. The summed E-state index contributed by atoms with van der Waals surface area (Å²) in [6.45, 7) is 6.04. The van der Waals surface area contributed by atoms with Gasteiger partial charge in [-0.2, -0.15) is 0 Å². The van der Waals surface area contributed by atoms with Crippen LogP contribution in [0.4, 0.5) is 0 Å². The third kappa shape index (κ3) is 5.17. The molecular weight excluding hydrogens is 188 g/mol. The highest BCUT2D eigenvalue weighted by atomic mass is 16.3. The van der Waals surface area contributed by atoms with Gasteiger partial charge in [-0.25, -0.2) is 0 Å². The van der Waals surface area contributed by atoms with Crippen molar-refractivity contribution in [1.29, 1.82) is 0 Å². The van der Waals surface area contributed by atoms with Gasteiger partial charge in [-0.05, 0) is 26.3 Å². The van der Waals surface area contributed by atoms with Crippen LogP contribution in [0.2, 0.25) is 0 Å². The molecule has 1 saturated heterocycles. The molecule has 0 aliphatic carbocycles. The summed E-state index contributed by atoms with van der Waals surface area (Å²) >= 11 is 0. The van der Waals surface area contributed by atoms with Gasteiger partial charge in [0.2, 0.25) is 0 Å². The van der Waals surface area contributed by atoms with Crippen LogP contribution >= 0.6 is 0 Å². The van der Waals surface area contributed by atoms with E-state index in [1.807, 2.05) is 6.92 Å². The standard InChI is InChI=1S/C12H22N2O/c1-2-3-4-8-14(9-10-15)11-12-6-5-7-13-12/h12-13,15H,4-11H2,1H3. The lowest BCUT2D eigenvalue weighted by Crippen LogP contribution is -2.39. The van der Waals surface area contributed by atoms with E-state index < -0.39 is 0 Å². The van der Waals surface area contributed by atoms with Gasteiger partial charge in [-0.1, -0.05) is 0 Å².